The van der Waals surface area contributed by atoms with Gasteiger partial charge in [-0.05, 0) is 83.4 Å². The SMILES string of the molecule is CC(=O)C1=C(C)CC2(C)CC3(C)Cc4c(-c5occc5C(C)=O)ccc(C)c4C(=O)C3=C(C)C2(C)C1=O. The number of Topliss-reactive ketones (excluding diaryl/α,β-unsaturated/α-hetero) is 4. The molecule has 2 aromatic rings. The molecule has 5 heteroatoms. The summed E-state index contributed by atoms with van der Waals surface area (Å²) in [6, 6.07) is 5.52. The summed E-state index contributed by atoms with van der Waals surface area (Å²) in [5.74, 6) is -0.0355. The second-order valence-electron chi connectivity index (χ2n) is 12.1. The van der Waals surface area contributed by atoms with Crippen LogP contribution in [0.5, 0.6) is 0 Å². The molecule has 0 N–H and O–H groups in total. The Labute approximate surface area is 218 Å². The zero-order valence-corrected chi connectivity index (χ0v) is 23.0. The molecule has 0 saturated carbocycles. The predicted octanol–water partition coefficient (Wildman–Crippen LogP) is 6.81. The number of carbonyl (C=O) groups excluding carboxylic acids is 4. The predicted molar refractivity (Wildman–Crippen MR) is 142 cm³/mol. The molecule has 0 fully saturated rings. The van der Waals surface area contributed by atoms with Crippen molar-refractivity contribution in [3.8, 4) is 11.3 Å². The normalized spacial score (nSPS) is 29.2. The maximum absolute atomic E-state index is 14.4. The Bertz CT molecular complexity index is 1510. The van der Waals surface area contributed by atoms with Gasteiger partial charge in [0.1, 0.15) is 5.76 Å². The Morgan fingerprint density at radius 1 is 0.919 bits per heavy atom. The monoisotopic (exact) mass is 498 g/mol. The van der Waals surface area contributed by atoms with E-state index in [2.05, 4.69) is 13.8 Å². The van der Waals surface area contributed by atoms with Gasteiger partial charge in [0, 0.05) is 22.1 Å². The first kappa shape index (κ1) is 25.3. The van der Waals surface area contributed by atoms with Gasteiger partial charge in [-0.15, -0.1) is 0 Å². The summed E-state index contributed by atoms with van der Waals surface area (Å²) < 4.78 is 5.80. The van der Waals surface area contributed by atoms with E-state index < -0.39 is 16.2 Å². The number of carbonyl (C=O) groups is 4. The first-order valence-corrected chi connectivity index (χ1v) is 12.9. The van der Waals surface area contributed by atoms with E-state index in [4.69, 9.17) is 4.42 Å². The molecule has 0 amide bonds. The van der Waals surface area contributed by atoms with E-state index in [1.165, 1.54) is 20.1 Å². The molecule has 3 aliphatic carbocycles. The molecule has 3 aliphatic rings. The second kappa shape index (κ2) is 7.83. The molecule has 3 atom stereocenters. The summed E-state index contributed by atoms with van der Waals surface area (Å²) >= 11 is 0. The highest BCUT2D eigenvalue weighted by molar-refractivity contribution is 6.24. The zero-order valence-electron chi connectivity index (χ0n) is 23.0. The minimum absolute atomic E-state index is 0.0664. The van der Waals surface area contributed by atoms with Crippen molar-refractivity contribution in [3.63, 3.8) is 0 Å². The number of hydrogen-bond donors (Lipinski definition) is 0. The summed E-state index contributed by atoms with van der Waals surface area (Å²) in [6.45, 7) is 14.9. The summed E-state index contributed by atoms with van der Waals surface area (Å²) in [5.41, 5.74) is 4.35. The molecule has 1 aromatic carbocycles. The third-order valence-corrected chi connectivity index (χ3v) is 9.66. The fourth-order valence-electron chi connectivity index (χ4n) is 7.93. The number of fused-ring (bicyclic) bond motifs is 3. The molecule has 0 radical (unpaired) electrons. The number of furan rings is 1. The lowest BCUT2D eigenvalue weighted by Gasteiger charge is -2.59. The fourth-order valence-corrected chi connectivity index (χ4v) is 7.93. The molecular weight excluding hydrogens is 464 g/mol. The third kappa shape index (κ3) is 3.15. The van der Waals surface area contributed by atoms with Crippen LogP contribution in [0.15, 0.2) is 51.2 Å². The highest BCUT2D eigenvalue weighted by atomic mass is 16.3. The number of ketones is 4. The molecule has 5 rings (SSSR count). The quantitative estimate of drug-likeness (QED) is 0.343. The molecule has 1 heterocycles. The van der Waals surface area contributed by atoms with Gasteiger partial charge in [0.05, 0.1) is 22.8 Å². The summed E-state index contributed by atoms with van der Waals surface area (Å²) in [4.78, 5) is 53.2. The fraction of sp³-hybridized carbons (Fsp3) is 0.438. The van der Waals surface area contributed by atoms with Crippen LogP contribution in [0, 0.1) is 23.2 Å². The van der Waals surface area contributed by atoms with Crippen LogP contribution in [0.2, 0.25) is 0 Å². The molecule has 192 valence electrons. The minimum Gasteiger partial charge on any atom is -0.464 e. The van der Waals surface area contributed by atoms with Gasteiger partial charge >= 0.3 is 0 Å². The van der Waals surface area contributed by atoms with Gasteiger partial charge in [0.2, 0.25) is 0 Å². The Balaban J connectivity index is 1.78. The maximum Gasteiger partial charge on any atom is 0.190 e. The van der Waals surface area contributed by atoms with Gasteiger partial charge in [0.25, 0.3) is 0 Å². The van der Waals surface area contributed by atoms with Crippen LogP contribution in [0.1, 0.15) is 93.2 Å². The van der Waals surface area contributed by atoms with Crippen molar-refractivity contribution in [1.29, 1.82) is 0 Å². The van der Waals surface area contributed by atoms with Crippen LogP contribution in [-0.4, -0.2) is 23.1 Å². The lowest BCUT2D eigenvalue weighted by molar-refractivity contribution is -0.134. The first-order chi connectivity index (χ1) is 17.2. The molecule has 0 bridgehead atoms. The third-order valence-electron chi connectivity index (χ3n) is 9.66. The van der Waals surface area contributed by atoms with E-state index in [0.29, 0.717) is 47.3 Å². The van der Waals surface area contributed by atoms with E-state index in [-0.39, 0.29) is 23.1 Å². The highest BCUT2D eigenvalue weighted by Gasteiger charge is 2.63. The van der Waals surface area contributed by atoms with Gasteiger partial charge in [0.15, 0.2) is 23.1 Å². The number of benzene rings is 1. The van der Waals surface area contributed by atoms with Crippen molar-refractivity contribution in [2.75, 3.05) is 0 Å². The van der Waals surface area contributed by atoms with Crippen LogP contribution in [0.3, 0.4) is 0 Å². The average molecular weight is 499 g/mol. The van der Waals surface area contributed by atoms with Crippen LogP contribution in [0.25, 0.3) is 11.3 Å². The largest absolute Gasteiger partial charge is 0.464 e. The Kier molecular flexibility index (Phi) is 5.36. The van der Waals surface area contributed by atoms with E-state index in [1.807, 2.05) is 39.8 Å². The lowest BCUT2D eigenvalue weighted by Crippen LogP contribution is -2.57. The topological polar surface area (TPSA) is 81.4 Å². The number of allylic oxidation sites excluding steroid dienone is 4. The van der Waals surface area contributed by atoms with Crippen molar-refractivity contribution in [3.05, 3.63) is 69.0 Å². The van der Waals surface area contributed by atoms with Gasteiger partial charge < -0.3 is 4.42 Å². The van der Waals surface area contributed by atoms with Crippen molar-refractivity contribution in [1.82, 2.24) is 0 Å². The summed E-state index contributed by atoms with van der Waals surface area (Å²) in [6.07, 6.45) is 3.37. The maximum atomic E-state index is 14.4. The van der Waals surface area contributed by atoms with Gasteiger partial charge in [-0.1, -0.05) is 37.1 Å². The molecule has 3 unspecified atom stereocenters. The summed E-state index contributed by atoms with van der Waals surface area (Å²) in [7, 11) is 0. The summed E-state index contributed by atoms with van der Waals surface area (Å²) in [5, 5.41) is 0. The van der Waals surface area contributed by atoms with Crippen LogP contribution >= 0.6 is 0 Å². The van der Waals surface area contributed by atoms with Crippen molar-refractivity contribution >= 4 is 23.1 Å². The van der Waals surface area contributed by atoms with Crippen molar-refractivity contribution < 1.29 is 23.6 Å². The van der Waals surface area contributed by atoms with Crippen LogP contribution < -0.4 is 0 Å². The minimum atomic E-state index is -0.941. The molecular formula is C32H34O5. The Morgan fingerprint density at radius 2 is 1.59 bits per heavy atom. The molecule has 1 aromatic heterocycles. The standard InChI is InChI=1S/C32H34O5/c1-16-9-10-22(28-21(19(4)33)11-12-37-28)23-14-30(6)15-31(7)13-17(2)24(20(5)34)29(36)32(31,8)18(3)26(30)27(35)25(16)23/h9-12H,13-15H2,1-8H3. The number of rotatable bonds is 3. The van der Waals surface area contributed by atoms with Crippen molar-refractivity contribution in [2.24, 2.45) is 16.2 Å². The van der Waals surface area contributed by atoms with Crippen molar-refractivity contribution in [2.45, 2.75) is 74.7 Å². The van der Waals surface area contributed by atoms with Crippen LogP contribution in [0.4, 0.5) is 0 Å². The Morgan fingerprint density at radius 3 is 2.22 bits per heavy atom. The first-order valence-electron chi connectivity index (χ1n) is 12.9. The van der Waals surface area contributed by atoms with Gasteiger partial charge in [-0.25, -0.2) is 0 Å². The molecule has 0 spiro atoms. The zero-order chi connectivity index (χ0) is 27.2. The average Bonchev–Trinajstić information content (AvgIpc) is 3.26. The smallest absolute Gasteiger partial charge is 0.190 e. The van der Waals surface area contributed by atoms with Gasteiger partial charge in [-0.3, -0.25) is 19.2 Å². The number of hydrogen-bond acceptors (Lipinski definition) is 5. The number of aryl methyl sites for hydroxylation is 1. The molecule has 37 heavy (non-hydrogen) atoms. The highest BCUT2D eigenvalue weighted by Crippen LogP contribution is 2.66. The lowest BCUT2D eigenvalue weighted by atomic mass is 9.42. The van der Waals surface area contributed by atoms with Crippen LogP contribution in [-0.2, 0) is 16.0 Å². The Hall–Kier alpha value is -3.34. The van der Waals surface area contributed by atoms with Gasteiger partial charge in [-0.2, -0.15) is 0 Å². The molecule has 5 nitrogen and oxygen atoms in total. The molecule has 0 aliphatic heterocycles. The second-order valence-corrected chi connectivity index (χ2v) is 12.1. The van der Waals surface area contributed by atoms with E-state index in [0.717, 1.165) is 27.8 Å². The van der Waals surface area contributed by atoms with E-state index in [9.17, 15) is 19.2 Å². The van der Waals surface area contributed by atoms with E-state index >= 15 is 0 Å². The molecule has 0 saturated heterocycles. The van der Waals surface area contributed by atoms with E-state index in [1.54, 1.807) is 6.07 Å².